The van der Waals surface area contributed by atoms with Gasteiger partial charge in [-0.3, -0.25) is 9.78 Å². The minimum atomic E-state index is -0.191. The van der Waals surface area contributed by atoms with Gasteiger partial charge in [0, 0.05) is 50.1 Å². The zero-order chi connectivity index (χ0) is 20.7. The van der Waals surface area contributed by atoms with Crippen LogP contribution in [0.1, 0.15) is 62.3 Å². The summed E-state index contributed by atoms with van der Waals surface area (Å²) in [7, 11) is 0. The molecular weight excluding hydrogens is 376 g/mol. The number of nitriles is 1. The zero-order valence-electron chi connectivity index (χ0n) is 17.9. The molecule has 0 spiro atoms. The van der Waals surface area contributed by atoms with Crippen LogP contribution in [0.4, 0.5) is 0 Å². The maximum atomic E-state index is 13.9. The lowest BCUT2D eigenvalue weighted by Gasteiger charge is -2.37. The first kappa shape index (κ1) is 20.0. The van der Waals surface area contributed by atoms with E-state index in [1.54, 1.807) is 6.20 Å². The molecule has 2 saturated carbocycles. The van der Waals surface area contributed by atoms with E-state index in [-0.39, 0.29) is 5.41 Å². The normalized spacial score (nSPS) is 35.5. The Morgan fingerprint density at radius 2 is 2.33 bits per heavy atom. The van der Waals surface area contributed by atoms with Crippen LogP contribution >= 0.6 is 0 Å². The van der Waals surface area contributed by atoms with Gasteiger partial charge in [-0.2, -0.15) is 5.26 Å². The summed E-state index contributed by atoms with van der Waals surface area (Å²) in [5.41, 5.74) is 2.47. The molecule has 1 aromatic rings. The summed E-state index contributed by atoms with van der Waals surface area (Å²) in [6, 6.07) is 5.04. The Kier molecular flexibility index (Phi) is 5.28. The Balaban J connectivity index is 1.31. The molecule has 2 aliphatic carbocycles. The average Bonchev–Trinajstić information content (AvgIpc) is 3.32. The van der Waals surface area contributed by atoms with E-state index in [2.05, 4.69) is 28.2 Å². The molecule has 0 bridgehead atoms. The van der Waals surface area contributed by atoms with Crippen molar-refractivity contribution in [1.29, 1.82) is 5.26 Å². The van der Waals surface area contributed by atoms with Crippen molar-refractivity contribution in [1.82, 2.24) is 15.2 Å². The summed E-state index contributed by atoms with van der Waals surface area (Å²) < 4.78 is 5.61. The molecule has 3 heterocycles. The molecule has 3 fully saturated rings. The van der Waals surface area contributed by atoms with Crippen molar-refractivity contribution in [3.05, 3.63) is 29.1 Å². The standard InChI is InChI=1S/C24H32N4O2/c1-16-15-30-8-5-21(16)27-20-10-19-3-2-6-24(19,11-20)23(29)28-7-4-22-18(14-28)9-17(12-25)13-26-22/h9,13,16,19-21,27H,2-8,10-11,14-15H2,1H3/t16-,19-,20-,21?,24-/m1/s1. The van der Waals surface area contributed by atoms with Crippen molar-refractivity contribution >= 4 is 5.91 Å². The summed E-state index contributed by atoms with van der Waals surface area (Å²) in [5.74, 6) is 1.39. The minimum absolute atomic E-state index is 0.191. The summed E-state index contributed by atoms with van der Waals surface area (Å²) in [4.78, 5) is 20.4. The van der Waals surface area contributed by atoms with E-state index in [4.69, 9.17) is 4.74 Å². The van der Waals surface area contributed by atoms with Crippen LogP contribution in [0.25, 0.3) is 0 Å². The van der Waals surface area contributed by atoms with Gasteiger partial charge in [-0.25, -0.2) is 0 Å². The second-order valence-corrected chi connectivity index (χ2v) is 9.91. The number of hydrogen-bond donors (Lipinski definition) is 1. The topological polar surface area (TPSA) is 78.2 Å². The first-order valence-corrected chi connectivity index (χ1v) is 11.6. The van der Waals surface area contributed by atoms with E-state index < -0.39 is 0 Å². The average molecular weight is 409 g/mol. The second-order valence-electron chi connectivity index (χ2n) is 9.91. The summed E-state index contributed by atoms with van der Waals surface area (Å²) in [6.07, 6.45) is 8.97. The SMILES string of the molecule is C[C@@H]1COCCC1N[C@@H]1C[C@H]2CCC[C@@]2(C(=O)N2CCc3ncc(C#N)cc3C2)C1. The number of aromatic nitrogens is 1. The number of nitrogens with one attached hydrogen (secondary N) is 1. The van der Waals surface area contributed by atoms with Crippen LogP contribution in [-0.2, 0) is 22.5 Å². The maximum Gasteiger partial charge on any atom is 0.229 e. The van der Waals surface area contributed by atoms with Gasteiger partial charge in [0.15, 0.2) is 0 Å². The van der Waals surface area contributed by atoms with Crippen molar-refractivity contribution in [2.75, 3.05) is 19.8 Å². The number of pyridine rings is 1. The van der Waals surface area contributed by atoms with E-state index in [1.165, 1.54) is 12.8 Å². The monoisotopic (exact) mass is 408 g/mol. The van der Waals surface area contributed by atoms with Crippen LogP contribution in [-0.4, -0.2) is 47.6 Å². The molecule has 2 aliphatic heterocycles. The van der Waals surface area contributed by atoms with Gasteiger partial charge in [0.2, 0.25) is 5.91 Å². The Morgan fingerprint density at radius 3 is 3.17 bits per heavy atom. The van der Waals surface area contributed by atoms with Gasteiger partial charge in [-0.15, -0.1) is 0 Å². The van der Waals surface area contributed by atoms with Crippen LogP contribution in [0.5, 0.6) is 0 Å². The van der Waals surface area contributed by atoms with Gasteiger partial charge in [0.1, 0.15) is 6.07 Å². The molecule has 5 atom stereocenters. The molecule has 30 heavy (non-hydrogen) atoms. The number of carbonyl (C=O) groups excluding carboxylic acids is 1. The summed E-state index contributed by atoms with van der Waals surface area (Å²) in [6.45, 7) is 5.29. The molecule has 1 N–H and O–H groups in total. The molecule has 6 heteroatoms. The molecule has 1 unspecified atom stereocenters. The van der Waals surface area contributed by atoms with E-state index >= 15 is 0 Å². The third-order valence-corrected chi connectivity index (χ3v) is 8.11. The van der Waals surface area contributed by atoms with Gasteiger partial charge in [0.05, 0.1) is 17.6 Å². The third-order valence-electron chi connectivity index (χ3n) is 8.11. The maximum absolute atomic E-state index is 13.9. The van der Waals surface area contributed by atoms with Gasteiger partial charge in [0.25, 0.3) is 0 Å². The predicted octanol–water partition coefficient (Wildman–Crippen LogP) is 2.80. The number of amides is 1. The fraction of sp³-hybridized carbons (Fsp3) is 0.708. The highest BCUT2D eigenvalue weighted by atomic mass is 16.5. The quantitative estimate of drug-likeness (QED) is 0.832. The van der Waals surface area contributed by atoms with E-state index in [9.17, 15) is 10.1 Å². The smallest absolute Gasteiger partial charge is 0.229 e. The van der Waals surface area contributed by atoms with Crippen LogP contribution < -0.4 is 5.32 Å². The predicted molar refractivity (Wildman–Crippen MR) is 112 cm³/mol. The van der Waals surface area contributed by atoms with Crippen molar-refractivity contribution in [3.63, 3.8) is 0 Å². The van der Waals surface area contributed by atoms with Gasteiger partial charge < -0.3 is 15.0 Å². The van der Waals surface area contributed by atoms with Crippen LogP contribution in [0.15, 0.2) is 12.3 Å². The molecule has 1 amide bonds. The fourth-order valence-corrected chi connectivity index (χ4v) is 6.52. The largest absolute Gasteiger partial charge is 0.381 e. The third kappa shape index (κ3) is 3.42. The fourth-order valence-electron chi connectivity index (χ4n) is 6.52. The highest BCUT2D eigenvalue weighted by Crippen LogP contribution is 2.55. The molecule has 5 rings (SSSR count). The zero-order valence-corrected chi connectivity index (χ0v) is 17.9. The molecule has 6 nitrogen and oxygen atoms in total. The Hall–Kier alpha value is -1.97. The van der Waals surface area contributed by atoms with Crippen LogP contribution in [0, 0.1) is 28.6 Å². The molecule has 0 aromatic carbocycles. The number of fused-ring (bicyclic) bond motifs is 2. The van der Waals surface area contributed by atoms with Crippen molar-refractivity contribution in [2.45, 2.75) is 70.5 Å². The summed E-state index contributed by atoms with van der Waals surface area (Å²) in [5, 5.41) is 13.1. The summed E-state index contributed by atoms with van der Waals surface area (Å²) >= 11 is 0. The molecule has 0 radical (unpaired) electrons. The lowest BCUT2D eigenvalue weighted by molar-refractivity contribution is -0.144. The van der Waals surface area contributed by atoms with Crippen LogP contribution in [0.3, 0.4) is 0 Å². The first-order chi connectivity index (χ1) is 14.6. The van der Waals surface area contributed by atoms with E-state index in [0.29, 0.717) is 41.9 Å². The van der Waals surface area contributed by atoms with Gasteiger partial charge in [-0.1, -0.05) is 13.3 Å². The lowest BCUT2D eigenvalue weighted by Crippen LogP contribution is -2.48. The number of ether oxygens (including phenoxy) is 1. The second kappa shape index (κ2) is 7.94. The molecule has 160 valence electrons. The minimum Gasteiger partial charge on any atom is -0.381 e. The highest BCUT2D eigenvalue weighted by Gasteiger charge is 2.56. The van der Waals surface area contributed by atoms with Crippen LogP contribution in [0.2, 0.25) is 0 Å². The number of carbonyl (C=O) groups is 1. The first-order valence-electron chi connectivity index (χ1n) is 11.6. The van der Waals surface area contributed by atoms with E-state index in [0.717, 1.165) is 63.1 Å². The Labute approximate surface area is 179 Å². The van der Waals surface area contributed by atoms with E-state index in [1.807, 2.05) is 6.07 Å². The van der Waals surface area contributed by atoms with Crippen molar-refractivity contribution in [2.24, 2.45) is 17.3 Å². The van der Waals surface area contributed by atoms with Crippen molar-refractivity contribution in [3.8, 4) is 6.07 Å². The lowest BCUT2D eigenvalue weighted by atomic mass is 9.78. The number of hydrogen-bond acceptors (Lipinski definition) is 5. The highest BCUT2D eigenvalue weighted by molar-refractivity contribution is 5.84. The molecule has 1 saturated heterocycles. The number of rotatable bonds is 3. The molecule has 4 aliphatic rings. The molecular formula is C24H32N4O2. The van der Waals surface area contributed by atoms with Gasteiger partial charge in [-0.05, 0) is 55.6 Å². The Morgan fingerprint density at radius 1 is 1.43 bits per heavy atom. The molecule has 1 aromatic heterocycles. The Bertz CT molecular complexity index is 865. The van der Waals surface area contributed by atoms with Crippen molar-refractivity contribution < 1.29 is 9.53 Å². The van der Waals surface area contributed by atoms with Gasteiger partial charge >= 0.3 is 0 Å². The number of nitrogens with zero attached hydrogens (tertiary/aromatic N) is 3.